The van der Waals surface area contributed by atoms with Crippen LogP contribution in [0.5, 0.6) is 0 Å². The van der Waals surface area contributed by atoms with Crippen LogP contribution >= 0.6 is 11.8 Å². The fraction of sp³-hybridized carbons (Fsp3) is 0.375. The molecule has 1 aliphatic rings. The summed E-state index contributed by atoms with van der Waals surface area (Å²) in [6, 6.07) is 6.83. The van der Waals surface area contributed by atoms with Gasteiger partial charge in [-0.2, -0.15) is 0 Å². The highest BCUT2D eigenvalue weighted by Crippen LogP contribution is 2.40. The van der Waals surface area contributed by atoms with Crippen molar-refractivity contribution in [2.75, 3.05) is 5.32 Å². The lowest BCUT2D eigenvalue weighted by atomic mass is 10.1. The lowest BCUT2D eigenvalue weighted by Gasteiger charge is -2.08. The third-order valence-electron chi connectivity index (χ3n) is 3.49. The second-order valence-electron chi connectivity index (χ2n) is 5.56. The molecule has 1 aliphatic carbocycles. The van der Waals surface area contributed by atoms with Gasteiger partial charge in [0.15, 0.2) is 5.78 Å². The number of hydrogen-bond donors (Lipinski definition) is 1. The number of carbonyl (C=O) groups is 2. The number of anilines is 1. The SMILES string of the molecule is CC(=O)Nc1ccc(C(=O)[C@H](C)Sc2nnc(C3CC3)o2)cc1. The molecule has 23 heavy (non-hydrogen) atoms. The second-order valence-corrected chi connectivity index (χ2v) is 6.86. The molecule has 0 bridgehead atoms. The van der Waals surface area contributed by atoms with E-state index in [1.54, 1.807) is 24.3 Å². The number of benzene rings is 1. The largest absolute Gasteiger partial charge is 0.416 e. The van der Waals surface area contributed by atoms with Crippen LogP contribution in [-0.4, -0.2) is 27.1 Å². The van der Waals surface area contributed by atoms with Crippen LogP contribution < -0.4 is 5.32 Å². The van der Waals surface area contributed by atoms with Gasteiger partial charge in [0.05, 0.1) is 5.25 Å². The molecule has 1 aromatic carbocycles. The molecule has 1 fully saturated rings. The quantitative estimate of drug-likeness (QED) is 0.646. The number of amides is 1. The smallest absolute Gasteiger partial charge is 0.277 e. The topological polar surface area (TPSA) is 85.1 Å². The maximum Gasteiger partial charge on any atom is 0.277 e. The number of nitrogens with one attached hydrogen (secondary N) is 1. The fourth-order valence-corrected chi connectivity index (χ4v) is 2.89. The minimum atomic E-state index is -0.325. The first-order valence-corrected chi connectivity index (χ1v) is 8.33. The lowest BCUT2D eigenvalue weighted by Crippen LogP contribution is -2.13. The van der Waals surface area contributed by atoms with E-state index in [9.17, 15) is 9.59 Å². The predicted octanol–water partition coefficient (Wildman–Crippen LogP) is 3.27. The number of hydrogen-bond acceptors (Lipinski definition) is 6. The van der Waals surface area contributed by atoms with Crippen LogP contribution in [-0.2, 0) is 4.79 Å². The summed E-state index contributed by atoms with van der Waals surface area (Å²) >= 11 is 1.27. The Hall–Kier alpha value is -2.15. The number of thioether (sulfide) groups is 1. The summed E-state index contributed by atoms with van der Waals surface area (Å²) in [6.45, 7) is 3.26. The molecule has 0 saturated heterocycles. The van der Waals surface area contributed by atoms with Gasteiger partial charge in [-0.25, -0.2) is 0 Å². The van der Waals surface area contributed by atoms with Crippen molar-refractivity contribution in [1.82, 2.24) is 10.2 Å². The molecule has 0 unspecified atom stereocenters. The zero-order valence-electron chi connectivity index (χ0n) is 12.9. The van der Waals surface area contributed by atoms with E-state index in [2.05, 4.69) is 15.5 Å². The summed E-state index contributed by atoms with van der Waals surface area (Å²) < 4.78 is 5.57. The lowest BCUT2D eigenvalue weighted by molar-refractivity contribution is -0.114. The van der Waals surface area contributed by atoms with E-state index in [4.69, 9.17) is 4.42 Å². The maximum atomic E-state index is 12.4. The van der Waals surface area contributed by atoms with Crippen LogP contribution in [0.1, 0.15) is 48.9 Å². The highest BCUT2D eigenvalue weighted by Gasteiger charge is 2.30. The minimum Gasteiger partial charge on any atom is -0.416 e. The molecule has 120 valence electrons. The maximum absolute atomic E-state index is 12.4. The Kier molecular flexibility index (Phi) is 4.47. The molecule has 0 aliphatic heterocycles. The molecule has 1 saturated carbocycles. The van der Waals surface area contributed by atoms with Gasteiger partial charge in [-0.1, -0.05) is 11.8 Å². The fourth-order valence-electron chi connectivity index (χ4n) is 2.12. The van der Waals surface area contributed by atoms with Crippen LogP contribution in [0, 0.1) is 0 Å². The number of carbonyl (C=O) groups excluding carboxylic acids is 2. The third kappa shape index (κ3) is 3.98. The van der Waals surface area contributed by atoms with Gasteiger partial charge in [-0.3, -0.25) is 9.59 Å². The van der Waals surface area contributed by atoms with E-state index in [0.717, 1.165) is 12.8 Å². The highest BCUT2D eigenvalue weighted by molar-refractivity contribution is 8.00. The van der Waals surface area contributed by atoms with Crippen LogP contribution in [0.15, 0.2) is 33.9 Å². The van der Waals surface area contributed by atoms with Gasteiger partial charge < -0.3 is 9.73 Å². The van der Waals surface area contributed by atoms with E-state index in [1.807, 2.05) is 6.92 Å². The summed E-state index contributed by atoms with van der Waals surface area (Å²) in [6.07, 6.45) is 2.20. The molecule has 7 heteroatoms. The van der Waals surface area contributed by atoms with Gasteiger partial charge >= 0.3 is 0 Å². The standard InChI is InChI=1S/C16H17N3O3S/c1-9(23-16-19-18-15(22-16)12-3-4-12)14(21)11-5-7-13(8-6-11)17-10(2)20/h5-9,12H,3-4H2,1-2H3,(H,17,20)/t9-/m0/s1. The zero-order chi connectivity index (χ0) is 16.4. The van der Waals surface area contributed by atoms with Gasteiger partial charge in [0.2, 0.25) is 11.8 Å². The summed E-state index contributed by atoms with van der Waals surface area (Å²) in [7, 11) is 0. The Morgan fingerprint density at radius 1 is 1.26 bits per heavy atom. The number of ketones is 1. The van der Waals surface area contributed by atoms with Crippen molar-refractivity contribution < 1.29 is 14.0 Å². The van der Waals surface area contributed by atoms with Crippen molar-refractivity contribution >= 4 is 29.1 Å². The normalized spacial score (nSPS) is 15.2. The molecule has 1 heterocycles. The molecule has 3 rings (SSSR count). The molecule has 6 nitrogen and oxygen atoms in total. The third-order valence-corrected chi connectivity index (χ3v) is 4.42. The predicted molar refractivity (Wildman–Crippen MR) is 86.7 cm³/mol. The molecular weight excluding hydrogens is 314 g/mol. The van der Waals surface area contributed by atoms with Crippen LogP contribution in [0.2, 0.25) is 0 Å². The van der Waals surface area contributed by atoms with Crippen LogP contribution in [0.25, 0.3) is 0 Å². The first-order valence-electron chi connectivity index (χ1n) is 7.45. The van der Waals surface area contributed by atoms with Crippen molar-refractivity contribution in [3.63, 3.8) is 0 Å². The number of aromatic nitrogens is 2. The Balaban J connectivity index is 1.62. The summed E-state index contributed by atoms with van der Waals surface area (Å²) in [5, 5.41) is 10.8. The van der Waals surface area contributed by atoms with E-state index >= 15 is 0 Å². The Morgan fingerprint density at radius 3 is 2.57 bits per heavy atom. The van der Waals surface area contributed by atoms with Gasteiger partial charge in [0.1, 0.15) is 0 Å². The molecule has 1 aromatic heterocycles. The molecule has 1 amide bonds. The van der Waals surface area contributed by atoms with Crippen molar-refractivity contribution in [1.29, 1.82) is 0 Å². The minimum absolute atomic E-state index is 0.0180. The van der Waals surface area contributed by atoms with Crippen LogP contribution in [0.4, 0.5) is 5.69 Å². The molecular formula is C16H17N3O3S. The van der Waals surface area contributed by atoms with E-state index < -0.39 is 0 Å². The van der Waals surface area contributed by atoms with Crippen molar-refractivity contribution in [3.8, 4) is 0 Å². The average Bonchev–Trinajstić information content (AvgIpc) is 3.27. The Bertz CT molecular complexity index is 722. The molecule has 0 radical (unpaired) electrons. The highest BCUT2D eigenvalue weighted by atomic mass is 32.2. The number of Topliss-reactive ketones (excluding diaryl/α,β-unsaturated/α-hetero) is 1. The molecule has 1 atom stereocenters. The van der Waals surface area contributed by atoms with Gasteiger partial charge in [-0.05, 0) is 44.0 Å². The van der Waals surface area contributed by atoms with E-state index in [1.165, 1.54) is 18.7 Å². The summed E-state index contributed by atoms with van der Waals surface area (Å²) in [5.41, 5.74) is 1.25. The van der Waals surface area contributed by atoms with Gasteiger partial charge in [0, 0.05) is 24.1 Å². The Labute approximate surface area is 138 Å². The van der Waals surface area contributed by atoms with E-state index in [-0.39, 0.29) is 16.9 Å². The Morgan fingerprint density at radius 2 is 1.96 bits per heavy atom. The van der Waals surface area contributed by atoms with Crippen LogP contribution in [0.3, 0.4) is 0 Å². The van der Waals surface area contributed by atoms with E-state index in [0.29, 0.717) is 28.3 Å². The van der Waals surface area contributed by atoms with Crippen molar-refractivity contribution in [2.24, 2.45) is 0 Å². The second kappa shape index (κ2) is 6.54. The average molecular weight is 331 g/mol. The number of nitrogens with zero attached hydrogens (tertiary/aromatic N) is 2. The summed E-state index contributed by atoms with van der Waals surface area (Å²) in [5.74, 6) is 0.919. The van der Waals surface area contributed by atoms with Gasteiger partial charge in [-0.15, -0.1) is 10.2 Å². The monoisotopic (exact) mass is 331 g/mol. The molecule has 0 spiro atoms. The molecule has 2 aromatic rings. The zero-order valence-corrected chi connectivity index (χ0v) is 13.7. The molecule has 1 N–H and O–H groups in total. The summed E-state index contributed by atoms with van der Waals surface area (Å²) in [4.78, 5) is 23.4. The first-order chi connectivity index (χ1) is 11.0. The van der Waals surface area contributed by atoms with Crippen molar-refractivity contribution in [2.45, 2.75) is 43.1 Å². The van der Waals surface area contributed by atoms with Crippen molar-refractivity contribution in [3.05, 3.63) is 35.7 Å². The first kappa shape index (κ1) is 15.7. The number of rotatable bonds is 6. The van der Waals surface area contributed by atoms with Gasteiger partial charge in [0.25, 0.3) is 5.22 Å².